The van der Waals surface area contributed by atoms with Crippen LogP contribution in [-0.2, 0) is 6.54 Å². The second kappa shape index (κ2) is 4.45. The summed E-state index contributed by atoms with van der Waals surface area (Å²) in [4.78, 5) is 16.7. The highest BCUT2D eigenvalue weighted by molar-refractivity contribution is 6.01. The number of furan rings is 1. The van der Waals surface area contributed by atoms with E-state index in [4.69, 9.17) is 4.42 Å². The first kappa shape index (κ1) is 12.9. The zero-order valence-corrected chi connectivity index (χ0v) is 11.5. The van der Waals surface area contributed by atoms with Crippen LogP contribution in [0, 0.1) is 0 Å². The standard InChI is InChI=1S/C15H16N2O3/c1-15(2,19)7-8-17-9-16-12-10-5-3-4-6-11(10)20-13(12)14(17)18/h3-6,9,19H,7-8H2,1-2H3. The van der Waals surface area contributed by atoms with Crippen molar-refractivity contribution >= 4 is 22.1 Å². The predicted molar refractivity (Wildman–Crippen MR) is 76.7 cm³/mol. The molecule has 0 spiro atoms. The number of fused-ring (bicyclic) bond motifs is 3. The SMILES string of the molecule is CC(C)(O)CCn1cnc2c(oc3ccccc32)c1=O. The average Bonchev–Trinajstić information content (AvgIpc) is 2.77. The van der Waals surface area contributed by atoms with Crippen molar-refractivity contribution in [2.75, 3.05) is 0 Å². The van der Waals surface area contributed by atoms with Crippen LogP contribution in [0.1, 0.15) is 20.3 Å². The van der Waals surface area contributed by atoms with Crippen molar-refractivity contribution in [1.29, 1.82) is 0 Å². The zero-order valence-electron chi connectivity index (χ0n) is 11.5. The molecule has 0 bridgehead atoms. The summed E-state index contributed by atoms with van der Waals surface area (Å²) in [6.07, 6.45) is 1.98. The normalized spacial score (nSPS) is 12.3. The second-order valence-electron chi connectivity index (χ2n) is 5.58. The predicted octanol–water partition coefficient (Wildman–Crippen LogP) is 2.30. The van der Waals surface area contributed by atoms with Gasteiger partial charge in [0.25, 0.3) is 5.56 Å². The molecule has 0 radical (unpaired) electrons. The maximum absolute atomic E-state index is 12.4. The average molecular weight is 272 g/mol. The quantitative estimate of drug-likeness (QED) is 0.794. The van der Waals surface area contributed by atoms with Gasteiger partial charge >= 0.3 is 0 Å². The van der Waals surface area contributed by atoms with E-state index in [0.717, 1.165) is 5.39 Å². The Bertz CT molecular complexity index is 824. The Hall–Kier alpha value is -2.14. The molecule has 3 rings (SSSR count). The first-order chi connectivity index (χ1) is 9.46. The van der Waals surface area contributed by atoms with E-state index < -0.39 is 5.60 Å². The minimum absolute atomic E-state index is 0.213. The molecule has 0 saturated heterocycles. The molecule has 2 aromatic heterocycles. The molecule has 0 aliphatic rings. The fourth-order valence-corrected chi connectivity index (χ4v) is 2.17. The van der Waals surface area contributed by atoms with Gasteiger partial charge in [-0.3, -0.25) is 9.36 Å². The van der Waals surface area contributed by atoms with Gasteiger partial charge in [0.05, 0.1) is 11.9 Å². The molecular weight excluding hydrogens is 256 g/mol. The van der Waals surface area contributed by atoms with E-state index in [1.165, 1.54) is 10.9 Å². The fourth-order valence-electron chi connectivity index (χ4n) is 2.17. The van der Waals surface area contributed by atoms with Gasteiger partial charge in [0.1, 0.15) is 11.1 Å². The number of nitrogens with zero attached hydrogens (tertiary/aromatic N) is 2. The summed E-state index contributed by atoms with van der Waals surface area (Å²) >= 11 is 0. The van der Waals surface area contributed by atoms with Crippen molar-refractivity contribution in [1.82, 2.24) is 9.55 Å². The van der Waals surface area contributed by atoms with Crippen LogP contribution in [0.3, 0.4) is 0 Å². The van der Waals surface area contributed by atoms with E-state index in [1.54, 1.807) is 13.8 Å². The van der Waals surface area contributed by atoms with Crippen LogP contribution in [0.2, 0.25) is 0 Å². The van der Waals surface area contributed by atoms with Crippen molar-refractivity contribution in [3.8, 4) is 0 Å². The molecule has 5 heteroatoms. The van der Waals surface area contributed by atoms with Crippen LogP contribution >= 0.6 is 0 Å². The molecule has 0 amide bonds. The van der Waals surface area contributed by atoms with Crippen molar-refractivity contribution in [3.63, 3.8) is 0 Å². The van der Waals surface area contributed by atoms with Crippen molar-refractivity contribution in [3.05, 3.63) is 40.9 Å². The van der Waals surface area contributed by atoms with Crippen molar-refractivity contribution in [2.24, 2.45) is 0 Å². The molecular formula is C15H16N2O3. The summed E-state index contributed by atoms with van der Waals surface area (Å²) in [5, 5.41) is 10.6. The van der Waals surface area contributed by atoms with Gasteiger partial charge in [-0.1, -0.05) is 12.1 Å². The molecule has 0 aliphatic carbocycles. The molecule has 104 valence electrons. The topological polar surface area (TPSA) is 68.3 Å². The first-order valence-corrected chi connectivity index (χ1v) is 6.55. The van der Waals surface area contributed by atoms with Gasteiger partial charge in [0.2, 0.25) is 5.58 Å². The van der Waals surface area contributed by atoms with Crippen molar-refractivity contribution < 1.29 is 9.52 Å². The van der Waals surface area contributed by atoms with Crippen LogP contribution in [-0.4, -0.2) is 20.3 Å². The zero-order chi connectivity index (χ0) is 14.3. The largest absolute Gasteiger partial charge is 0.448 e. The van der Waals surface area contributed by atoms with E-state index >= 15 is 0 Å². The third-order valence-corrected chi connectivity index (χ3v) is 3.32. The molecule has 2 heterocycles. The number of para-hydroxylation sites is 1. The molecule has 0 atom stereocenters. The van der Waals surface area contributed by atoms with Crippen LogP contribution in [0.15, 0.2) is 39.8 Å². The summed E-state index contributed by atoms with van der Waals surface area (Å²) in [5.74, 6) is 0. The van der Waals surface area contributed by atoms with E-state index in [9.17, 15) is 9.90 Å². The highest BCUT2D eigenvalue weighted by atomic mass is 16.3. The van der Waals surface area contributed by atoms with Gasteiger partial charge in [-0.05, 0) is 32.4 Å². The molecule has 0 aliphatic heterocycles. The fraction of sp³-hybridized carbons (Fsp3) is 0.333. The number of aryl methyl sites for hydroxylation is 1. The molecule has 0 unspecified atom stereocenters. The van der Waals surface area contributed by atoms with Gasteiger partial charge < -0.3 is 9.52 Å². The summed E-state index contributed by atoms with van der Waals surface area (Å²) < 4.78 is 7.07. The molecule has 0 fully saturated rings. The van der Waals surface area contributed by atoms with E-state index in [1.807, 2.05) is 24.3 Å². The Morgan fingerprint density at radius 1 is 1.35 bits per heavy atom. The first-order valence-electron chi connectivity index (χ1n) is 6.55. The lowest BCUT2D eigenvalue weighted by Crippen LogP contribution is -2.26. The Morgan fingerprint density at radius 2 is 2.10 bits per heavy atom. The highest BCUT2D eigenvalue weighted by Gasteiger charge is 2.16. The Kier molecular flexibility index (Phi) is 2.87. The third-order valence-electron chi connectivity index (χ3n) is 3.32. The highest BCUT2D eigenvalue weighted by Crippen LogP contribution is 2.24. The lowest BCUT2D eigenvalue weighted by atomic mass is 10.1. The van der Waals surface area contributed by atoms with E-state index in [0.29, 0.717) is 24.1 Å². The molecule has 1 N–H and O–H groups in total. The maximum atomic E-state index is 12.4. The van der Waals surface area contributed by atoms with E-state index in [-0.39, 0.29) is 11.1 Å². The Labute approximate surface area is 115 Å². The number of benzene rings is 1. The molecule has 3 aromatic rings. The van der Waals surface area contributed by atoms with Gasteiger partial charge in [0, 0.05) is 11.9 Å². The van der Waals surface area contributed by atoms with Crippen molar-refractivity contribution in [2.45, 2.75) is 32.4 Å². The van der Waals surface area contributed by atoms with Crippen LogP contribution in [0.25, 0.3) is 22.1 Å². The van der Waals surface area contributed by atoms with Gasteiger partial charge in [0.15, 0.2) is 0 Å². The lowest BCUT2D eigenvalue weighted by molar-refractivity contribution is 0.0658. The molecule has 0 saturated carbocycles. The summed E-state index contributed by atoms with van der Waals surface area (Å²) in [5.41, 5.74) is 0.486. The van der Waals surface area contributed by atoms with Crippen LogP contribution in [0.4, 0.5) is 0 Å². The van der Waals surface area contributed by atoms with Crippen LogP contribution in [0.5, 0.6) is 0 Å². The minimum Gasteiger partial charge on any atom is -0.448 e. The number of hydrogen-bond acceptors (Lipinski definition) is 4. The smallest absolute Gasteiger partial charge is 0.297 e. The number of hydrogen-bond donors (Lipinski definition) is 1. The second-order valence-corrected chi connectivity index (χ2v) is 5.58. The summed E-state index contributed by atoms with van der Waals surface area (Å²) in [7, 11) is 0. The summed E-state index contributed by atoms with van der Waals surface area (Å²) in [6, 6.07) is 7.45. The Morgan fingerprint density at radius 3 is 2.85 bits per heavy atom. The van der Waals surface area contributed by atoms with Gasteiger partial charge in [-0.15, -0.1) is 0 Å². The van der Waals surface area contributed by atoms with Gasteiger partial charge in [-0.25, -0.2) is 4.98 Å². The lowest BCUT2D eigenvalue weighted by Gasteiger charge is -2.17. The molecule has 20 heavy (non-hydrogen) atoms. The van der Waals surface area contributed by atoms with Crippen LogP contribution < -0.4 is 5.56 Å². The van der Waals surface area contributed by atoms with E-state index in [2.05, 4.69) is 4.98 Å². The third kappa shape index (κ3) is 2.20. The minimum atomic E-state index is -0.817. The number of aliphatic hydroxyl groups is 1. The summed E-state index contributed by atoms with van der Waals surface area (Å²) in [6.45, 7) is 3.83. The molecule has 5 nitrogen and oxygen atoms in total. The van der Waals surface area contributed by atoms with Gasteiger partial charge in [-0.2, -0.15) is 0 Å². The number of aromatic nitrogens is 2. The number of rotatable bonds is 3. The maximum Gasteiger partial charge on any atom is 0.297 e. The Balaban J connectivity index is 2.11. The molecule has 1 aromatic carbocycles. The monoisotopic (exact) mass is 272 g/mol.